The van der Waals surface area contributed by atoms with Gasteiger partial charge in [0.1, 0.15) is 5.75 Å². The van der Waals surface area contributed by atoms with Crippen LogP contribution in [-0.4, -0.2) is 28.9 Å². The smallest absolute Gasteiger partial charge is 0.163 e. The number of rotatable bonds is 8. The molecule has 118 valence electrons. The van der Waals surface area contributed by atoms with E-state index in [9.17, 15) is 9.90 Å². The fourth-order valence-electron chi connectivity index (χ4n) is 2.50. The molecular weight excluding hydrogens is 286 g/mol. The molecule has 0 amide bonds. The molecule has 0 bridgehead atoms. The molecule has 4 heteroatoms. The summed E-state index contributed by atoms with van der Waals surface area (Å²) < 4.78 is 0. The third kappa shape index (κ3) is 5.01. The first-order chi connectivity index (χ1) is 9.92. The Balaban J connectivity index is 2.97. The molecule has 0 unspecified atom stereocenters. The number of halogens is 1. The Morgan fingerprint density at radius 3 is 2.38 bits per heavy atom. The van der Waals surface area contributed by atoms with Crippen molar-refractivity contribution in [2.24, 2.45) is 5.92 Å². The molecule has 0 saturated heterocycles. The third-order valence-electron chi connectivity index (χ3n) is 4.05. The van der Waals surface area contributed by atoms with Crippen LogP contribution in [0.1, 0.15) is 56.5 Å². The highest BCUT2D eigenvalue weighted by atomic mass is 35.5. The Morgan fingerprint density at radius 1 is 1.29 bits per heavy atom. The zero-order chi connectivity index (χ0) is 16.0. The average molecular weight is 312 g/mol. The number of benzene rings is 1. The van der Waals surface area contributed by atoms with Gasteiger partial charge in [0.25, 0.3) is 0 Å². The monoisotopic (exact) mass is 311 g/mol. The first-order valence-corrected chi connectivity index (χ1v) is 8.05. The molecular formula is C17H26ClNO2. The zero-order valence-electron chi connectivity index (χ0n) is 13.4. The number of Topliss-reactive ketones (excluding diaryl/α,β-unsaturated/α-hetero) is 1. The van der Waals surface area contributed by atoms with Crippen molar-refractivity contribution in [1.29, 1.82) is 0 Å². The molecule has 0 spiro atoms. The van der Waals surface area contributed by atoms with Crippen molar-refractivity contribution in [2.45, 2.75) is 47.1 Å². The summed E-state index contributed by atoms with van der Waals surface area (Å²) in [5.74, 6) is 0.549. The fourth-order valence-corrected chi connectivity index (χ4v) is 2.74. The minimum Gasteiger partial charge on any atom is -0.507 e. The molecule has 0 heterocycles. The predicted molar refractivity (Wildman–Crippen MR) is 88.1 cm³/mol. The molecule has 1 N–H and O–H groups in total. The average Bonchev–Trinajstić information content (AvgIpc) is 2.46. The van der Waals surface area contributed by atoms with Crippen LogP contribution < -0.4 is 0 Å². The van der Waals surface area contributed by atoms with Gasteiger partial charge in [0, 0.05) is 23.7 Å². The number of carbonyl (C=O) groups is 1. The zero-order valence-corrected chi connectivity index (χ0v) is 14.2. The van der Waals surface area contributed by atoms with E-state index in [1.807, 2.05) is 0 Å². The van der Waals surface area contributed by atoms with E-state index in [1.54, 1.807) is 6.07 Å². The topological polar surface area (TPSA) is 40.5 Å². The highest BCUT2D eigenvalue weighted by Crippen LogP contribution is 2.29. The van der Waals surface area contributed by atoms with Gasteiger partial charge in [0.15, 0.2) is 5.78 Å². The molecule has 3 nitrogen and oxygen atoms in total. The van der Waals surface area contributed by atoms with Crippen LogP contribution in [0.3, 0.4) is 0 Å². The van der Waals surface area contributed by atoms with Crippen LogP contribution in [0.2, 0.25) is 5.02 Å². The summed E-state index contributed by atoms with van der Waals surface area (Å²) in [7, 11) is 0. The van der Waals surface area contributed by atoms with Crippen molar-refractivity contribution < 1.29 is 9.90 Å². The number of carbonyl (C=O) groups excluding carboxylic acids is 1. The predicted octanol–water partition coefficient (Wildman–Crippen LogP) is 4.51. The van der Waals surface area contributed by atoms with E-state index >= 15 is 0 Å². The third-order valence-corrected chi connectivity index (χ3v) is 4.26. The van der Waals surface area contributed by atoms with Crippen LogP contribution in [0.15, 0.2) is 12.1 Å². The van der Waals surface area contributed by atoms with Gasteiger partial charge >= 0.3 is 0 Å². The maximum absolute atomic E-state index is 11.6. The van der Waals surface area contributed by atoms with Gasteiger partial charge in [-0.05, 0) is 31.5 Å². The molecule has 1 aromatic rings. The van der Waals surface area contributed by atoms with E-state index in [4.69, 9.17) is 11.6 Å². The molecule has 21 heavy (non-hydrogen) atoms. The number of phenols is 1. The van der Waals surface area contributed by atoms with Crippen molar-refractivity contribution in [1.82, 2.24) is 4.90 Å². The van der Waals surface area contributed by atoms with Gasteiger partial charge in [0.05, 0.1) is 5.56 Å². The Kier molecular flexibility index (Phi) is 7.20. The molecule has 0 saturated carbocycles. The first kappa shape index (κ1) is 18.0. The van der Waals surface area contributed by atoms with Gasteiger partial charge in [-0.15, -0.1) is 0 Å². The summed E-state index contributed by atoms with van der Waals surface area (Å²) in [6.45, 7) is 10.5. The van der Waals surface area contributed by atoms with Gasteiger partial charge < -0.3 is 5.11 Å². The SMILES string of the molecule is CCC(CC)CN(CC)Cc1cc(Cl)cc(C(C)=O)c1O. The summed E-state index contributed by atoms with van der Waals surface area (Å²) in [6.07, 6.45) is 2.29. The standard InChI is InChI=1S/C17H26ClNO2/c1-5-13(6-2)10-19(7-3)11-14-8-15(18)9-16(12(4)20)17(14)21/h8-9,13,21H,5-7,10-11H2,1-4H3. The Hall–Kier alpha value is -1.06. The van der Waals surface area contributed by atoms with Crippen LogP contribution in [-0.2, 0) is 6.54 Å². The lowest BCUT2D eigenvalue weighted by atomic mass is 10.0. The molecule has 0 fully saturated rings. The Bertz CT molecular complexity index is 484. The number of phenolic OH excluding ortho intramolecular Hbond substituents is 1. The molecule has 0 atom stereocenters. The first-order valence-electron chi connectivity index (χ1n) is 7.67. The summed E-state index contributed by atoms with van der Waals surface area (Å²) in [6, 6.07) is 3.28. The summed E-state index contributed by atoms with van der Waals surface area (Å²) in [4.78, 5) is 13.8. The number of hydrogen-bond donors (Lipinski definition) is 1. The van der Waals surface area contributed by atoms with E-state index in [0.717, 1.165) is 31.5 Å². The molecule has 1 rings (SSSR count). The second-order valence-electron chi connectivity index (χ2n) is 5.53. The minimum atomic E-state index is -0.167. The normalized spacial score (nSPS) is 11.4. The second kappa shape index (κ2) is 8.40. The summed E-state index contributed by atoms with van der Waals surface area (Å²) in [5, 5.41) is 10.8. The lowest BCUT2D eigenvalue weighted by Gasteiger charge is -2.26. The second-order valence-corrected chi connectivity index (χ2v) is 5.96. The summed E-state index contributed by atoms with van der Waals surface area (Å²) in [5.41, 5.74) is 1.02. The van der Waals surface area contributed by atoms with E-state index < -0.39 is 0 Å². The molecule has 0 aromatic heterocycles. The Labute approximate surface area is 132 Å². The number of nitrogens with zero attached hydrogens (tertiary/aromatic N) is 1. The largest absolute Gasteiger partial charge is 0.507 e. The van der Waals surface area contributed by atoms with Crippen molar-refractivity contribution in [3.8, 4) is 5.75 Å². The van der Waals surface area contributed by atoms with E-state index in [0.29, 0.717) is 23.0 Å². The van der Waals surface area contributed by atoms with Gasteiger partial charge in [-0.2, -0.15) is 0 Å². The maximum atomic E-state index is 11.6. The van der Waals surface area contributed by atoms with Gasteiger partial charge in [0.2, 0.25) is 0 Å². The van der Waals surface area contributed by atoms with Crippen LogP contribution >= 0.6 is 11.6 Å². The molecule has 0 radical (unpaired) electrons. The van der Waals surface area contributed by atoms with E-state index in [2.05, 4.69) is 25.7 Å². The van der Waals surface area contributed by atoms with E-state index in [1.165, 1.54) is 13.0 Å². The van der Waals surface area contributed by atoms with Gasteiger partial charge in [-0.1, -0.05) is 45.2 Å². The molecule has 0 aliphatic rings. The fraction of sp³-hybridized carbons (Fsp3) is 0.588. The van der Waals surface area contributed by atoms with Crippen molar-refractivity contribution in [3.63, 3.8) is 0 Å². The van der Waals surface area contributed by atoms with Gasteiger partial charge in [-0.3, -0.25) is 9.69 Å². The highest BCUT2D eigenvalue weighted by molar-refractivity contribution is 6.31. The van der Waals surface area contributed by atoms with Crippen LogP contribution in [0, 0.1) is 5.92 Å². The molecule has 0 aliphatic carbocycles. The van der Waals surface area contributed by atoms with Crippen molar-refractivity contribution in [3.05, 3.63) is 28.3 Å². The van der Waals surface area contributed by atoms with Crippen LogP contribution in [0.4, 0.5) is 0 Å². The minimum absolute atomic E-state index is 0.0647. The van der Waals surface area contributed by atoms with Crippen LogP contribution in [0.25, 0.3) is 0 Å². The summed E-state index contributed by atoms with van der Waals surface area (Å²) >= 11 is 6.07. The van der Waals surface area contributed by atoms with Crippen LogP contribution in [0.5, 0.6) is 5.75 Å². The highest BCUT2D eigenvalue weighted by Gasteiger charge is 2.16. The van der Waals surface area contributed by atoms with Crippen molar-refractivity contribution >= 4 is 17.4 Å². The number of hydrogen-bond acceptors (Lipinski definition) is 3. The number of ketones is 1. The molecule has 1 aromatic carbocycles. The maximum Gasteiger partial charge on any atom is 0.163 e. The lowest BCUT2D eigenvalue weighted by Crippen LogP contribution is -2.28. The number of aromatic hydroxyl groups is 1. The van der Waals surface area contributed by atoms with E-state index in [-0.39, 0.29) is 11.5 Å². The lowest BCUT2D eigenvalue weighted by molar-refractivity contribution is 0.101. The van der Waals surface area contributed by atoms with Crippen molar-refractivity contribution in [2.75, 3.05) is 13.1 Å². The quantitative estimate of drug-likeness (QED) is 0.718. The Morgan fingerprint density at radius 2 is 1.90 bits per heavy atom. The van der Waals surface area contributed by atoms with Gasteiger partial charge in [-0.25, -0.2) is 0 Å². The molecule has 0 aliphatic heterocycles.